The summed E-state index contributed by atoms with van der Waals surface area (Å²) in [4.78, 5) is 0. The third-order valence-electron chi connectivity index (χ3n) is 0. The zero-order chi connectivity index (χ0) is 2.00. The molecule has 0 spiro atoms. The van der Waals surface area contributed by atoms with Crippen LogP contribution in [0.15, 0.2) is 0 Å². The van der Waals surface area contributed by atoms with Crippen LogP contribution in [0, 0.1) is 0 Å². The molecule has 35 valence electrons. The maximum absolute atomic E-state index is 2.14. The summed E-state index contributed by atoms with van der Waals surface area (Å²) in [6.45, 7) is 0. The van der Waals surface area contributed by atoms with Gasteiger partial charge in [-0.15, -0.1) is 50.9 Å². The average molecular weight is 436 g/mol. The second-order valence-corrected chi connectivity index (χ2v) is 0. The van der Waals surface area contributed by atoms with Crippen LogP contribution in [-0.4, -0.2) is 0 Å². The Morgan fingerprint density at radius 3 is 0.800 bits per heavy atom. The molecule has 0 bridgehead atoms. The maximum atomic E-state index is 2.14. The van der Waals surface area contributed by atoms with Crippen LogP contribution in [0.25, 0.3) is 0 Å². The van der Waals surface area contributed by atoms with E-state index >= 15 is 0 Å². The van der Waals surface area contributed by atoms with Crippen LogP contribution in [-0.2, 0) is 24.4 Å². The van der Waals surface area contributed by atoms with E-state index in [1.807, 2.05) is 0 Å². The number of hydrogen-bond acceptors (Lipinski definition) is 0. The van der Waals surface area contributed by atoms with Crippen molar-refractivity contribution in [2.24, 2.45) is 0 Å². The molecule has 0 aliphatic heterocycles. The van der Waals surface area contributed by atoms with E-state index in [4.69, 9.17) is 0 Å². The molecule has 0 saturated carbocycles. The Labute approximate surface area is 79.0 Å². The fourth-order valence-electron chi connectivity index (χ4n) is 0. The van der Waals surface area contributed by atoms with Gasteiger partial charge in [-0.25, -0.2) is 0 Å². The molecule has 0 N–H and O–H groups in total. The molecule has 0 aromatic rings. The molecule has 0 radical (unpaired) electrons. The van der Waals surface area contributed by atoms with E-state index in [1.54, 1.807) is 0 Å². The Balaban J connectivity index is -0.00000000167. The number of rotatable bonds is 0. The van der Waals surface area contributed by atoms with Crippen LogP contribution in [0.2, 0.25) is 4.68 Å². The third kappa shape index (κ3) is 22.0. The van der Waals surface area contributed by atoms with Crippen molar-refractivity contribution in [1.82, 2.24) is 0 Å². The molecule has 0 unspecified atom stereocenters. The molecule has 0 saturated heterocycles. The van der Waals surface area contributed by atoms with E-state index in [0.29, 0.717) is 0 Å². The second kappa shape index (κ2) is 33.3. The molecule has 0 atom stereocenters. The molecule has 4 heteroatoms. The first-order valence-corrected chi connectivity index (χ1v) is 4.09. The Morgan fingerprint density at radius 1 is 0.800 bits per heavy atom. The Hall–Kier alpha value is 2.31. The zero-order valence-corrected chi connectivity index (χ0v) is 11.5. The molecule has 5 heavy (non-hydrogen) atoms. The van der Waals surface area contributed by atoms with Crippen molar-refractivity contribution in [3.63, 3.8) is 0 Å². The molecule has 0 aliphatic carbocycles. The van der Waals surface area contributed by atoms with E-state index in [-0.39, 0.29) is 50.9 Å². The summed E-state index contributed by atoms with van der Waals surface area (Å²) in [7, 11) is 0. The van der Waals surface area contributed by atoms with Crippen LogP contribution < -0.4 is 0 Å². The molecule has 0 amide bonds. The molecule has 0 aromatic heterocycles. The second-order valence-electron chi connectivity index (χ2n) is 0. The van der Waals surface area contributed by atoms with Gasteiger partial charge in [-0.1, -0.05) is 0 Å². The van der Waals surface area contributed by atoms with Gasteiger partial charge < -0.3 is 0 Å². The molecule has 0 heterocycles. The molecule has 0 fully saturated rings. The van der Waals surface area contributed by atoms with E-state index in [1.165, 1.54) is 24.4 Å². The summed E-state index contributed by atoms with van der Waals surface area (Å²) in [6.07, 6.45) is 0. The van der Waals surface area contributed by atoms with Crippen molar-refractivity contribution < 1.29 is 24.4 Å². The Bertz CT molecular complexity index is 6.85. The van der Waals surface area contributed by atoms with E-state index in [2.05, 4.69) is 4.68 Å². The van der Waals surface area contributed by atoms with Gasteiger partial charge in [0.25, 0.3) is 0 Å². The summed E-state index contributed by atoms with van der Waals surface area (Å²) < 4.78 is 2.14. The minimum atomic E-state index is 0. The van der Waals surface area contributed by atoms with Gasteiger partial charge in [0.2, 0.25) is 0 Å². The van der Waals surface area contributed by atoms with Gasteiger partial charge in [0.15, 0.2) is 0 Å². The van der Waals surface area contributed by atoms with Crippen LogP contribution >= 0.6 is 50.9 Å². The predicted octanol–water partition coefficient (Wildman–Crippen LogP) is 2.32. The minimum absolute atomic E-state index is 0. The first-order chi connectivity index (χ1) is 1.00. The van der Waals surface area contributed by atoms with Crippen LogP contribution in [0.1, 0.15) is 0 Å². The van der Waals surface area contributed by atoms with E-state index < -0.39 is 0 Å². The first-order valence-electron chi connectivity index (χ1n) is 0.500. The Morgan fingerprint density at radius 2 is 0.800 bits per heavy atom. The van der Waals surface area contributed by atoms with Crippen molar-refractivity contribution in [1.29, 1.82) is 0 Å². The van der Waals surface area contributed by atoms with Crippen molar-refractivity contribution in [3.05, 3.63) is 0 Å². The average Bonchev–Trinajstić information content (AvgIpc) is 1.00. The summed E-state index contributed by atoms with van der Waals surface area (Å²) >= 11 is 1.31. The van der Waals surface area contributed by atoms with Gasteiger partial charge >= 0.3 is 29.1 Å². The van der Waals surface area contributed by atoms with Gasteiger partial charge in [-0.2, -0.15) is 0 Å². The molecule has 0 aromatic carbocycles. The first kappa shape index (κ1) is 26.6. The monoisotopic (exact) mass is 435 g/mol. The van der Waals surface area contributed by atoms with E-state index in [0.717, 1.165) is 0 Å². The molecular weight excluding hydrogens is 430 g/mol. The predicted molar refractivity (Wildman–Crippen MR) is 36.8 cm³/mol. The van der Waals surface area contributed by atoms with Gasteiger partial charge in [-0.3, -0.25) is 0 Å². The molecule has 0 nitrogen and oxygen atoms in total. The summed E-state index contributed by atoms with van der Waals surface area (Å²) in [5, 5.41) is 0. The summed E-state index contributed by atoms with van der Waals surface area (Å²) in [6, 6.07) is 0. The topological polar surface area (TPSA) is 0 Å². The zero-order valence-electron chi connectivity index (χ0n) is 2.72. The van der Waals surface area contributed by atoms with Crippen molar-refractivity contribution in [2.75, 3.05) is 0 Å². The SMILES string of the molecule is Br.Br.Br.[CH3][Hf]. The van der Waals surface area contributed by atoms with Crippen LogP contribution in [0.3, 0.4) is 0 Å². The molecular formula is CH6Br3Hf. The van der Waals surface area contributed by atoms with Crippen molar-refractivity contribution >= 4 is 50.9 Å². The van der Waals surface area contributed by atoms with Gasteiger partial charge in [-0.05, 0) is 0 Å². The molecule has 0 rings (SSSR count). The van der Waals surface area contributed by atoms with E-state index in [9.17, 15) is 0 Å². The van der Waals surface area contributed by atoms with Crippen LogP contribution in [0.5, 0.6) is 0 Å². The third-order valence-corrected chi connectivity index (χ3v) is 0. The number of hydrogen-bond donors (Lipinski definition) is 0. The van der Waals surface area contributed by atoms with Crippen molar-refractivity contribution in [2.45, 2.75) is 4.68 Å². The Kier molecular flexibility index (Phi) is 177. The standard InChI is InChI=1S/CH3.3BrH.Hf/h1H3;3*1H;. The summed E-state index contributed by atoms with van der Waals surface area (Å²) in [5.41, 5.74) is 0. The number of halogens is 3. The summed E-state index contributed by atoms with van der Waals surface area (Å²) in [5.74, 6) is 0. The normalized spacial score (nSPS) is 0.800. The van der Waals surface area contributed by atoms with Crippen molar-refractivity contribution in [3.8, 4) is 0 Å². The van der Waals surface area contributed by atoms with Crippen LogP contribution in [0.4, 0.5) is 0 Å². The van der Waals surface area contributed by atoms with Gasteiger partial charge in [0, 0.05) is 0 Å². The fourth-order valence-corrected chi connectivity index (χ4v) is 0. The molecule has 0 aliphatic rings. The van der Waals surface area contributed by atoms with Gasteiger partial charge in [0.1, 0.15) is 0 Å². The fraction of sp³-hybridized carbons (Fsp3) is 1.00. The quantitative estimate of drug-likeness (QED) is 0.512. The van der Waals surface area contributed by atoms with Gasteiger partial charge in [0.05, 0.1) is 0 Å².